The number of pyridine rings is 4. The monoisotopic (exact) mass is 996 g/mol. The first-order valence-corrected chi connectivity index (χ1v) is 24.3. The number of carbonyl (C=O) groups excluding carboxylic acids is 2. The average molecular weight is 999 g/mol. The van der Waals surface area contributed by atoms with E-state index in [2.05, 4.69) is 25.1 Å². The van der Waals surface area contributed by atoms with Gasteiger partial charge >= 0.3 is 0 Å². The Morgan fingerprint density at radius 3 is 1.55 bits per heavy atom. The number of alkyl halides is 1. The van der Waals surface area contributed by atoms with Crippen LogP contribution in [0.5, 0.6) is 0 Å². The molecule has 67 heavy (non-hydrogen) atoms. The van der Waals surface area contributed by atoms with E-state index in [0.29, 0.717) is 47.8 Å². The molecule has 1 N–H and O–H groups in total. The van der Waals surface area contributed by atoms with Crippen LogP contribution in [0.1, 0.15) is 83.4 Å². The van der Waals surface area contributed by atoms with E-state index < -0.39 is 10.8 Å². The number of nitrogens with one attached hydrogen (secondary N) is 1. The fourth-order valence-corrected chi connectivity index (χ4v) is 8.84. The van der Waals surface area contributed by atoms with E-state index in [1.54, 1.807) is 53.9 Å². The van der Waals surface area contributed by atoms with Crippen LogP contribution in [0, 0.1) is 10.8 Å². The van der Waals surface area contributed by atoms with Crippen molar-refractivity contribution in [2.24, 2.45) is 10.8 Å². The fraction of sp³-hybridized carbons (Fsp3) is 0.280. The number of carbonyl (C=O) groups is 2. The molecule has 8 rings (SSSR count). The number of hydrogen-bond donors (Lipinski definition) is 1. The highest BCUT2D eigenvalue weighted by Gasteiger charge is 2.28. The van der Waals surface area contributed by atoms with Gasteiger partial charge in [0.25, 0.3) is 17.4 Å². The Labute approximate surface area is 412 Å². The summed E-state index contributed by atoms with van der Waals surface area (Å²) in [5, 5.41) is 9.10. The molecule has 0 amide bonds. The molecule has 0 fully saturated rings. The zero-order valence-corrected chi connectivity index (χ0v) is 41.9. The number of hydrogen-bond acceptors (Lipinski definition) is 10. The van der Waals surface area contributed by atoms with Crippen molar-refractivity contribution in [1.29, 1.82) is 0 Å². The predicted molar refractivity (Wildman–Crippen MR) is 271 cm³/mol. The van der Waals surface area contributed by atoms with Gasteiger partial charge in [0, 0.05) is 98.3 Å². The molecule has 17 heteroatoms. The summed E-state index contributed by atoms with van der Waals surface area (Å²) in [7, 11) is 0. The van der Waals surface area contributed by atoms with Crippen molar-refractivity contribution in [3.8, 4) is 22.5 Å². The number of thiophene rings is 2. The molecule has 0 saturated carbocycles. The van der Waals surface area contributed by atoms with Crippen molar-refractivity contribution >= 4 is 69.3 Å². The van der Waals surface area contributed by atoms with Gasteiger partial charge < -0.3 is 9.55 Å². The van der Waals surface area contributed by atoms with Crippen LogP contribution in [0.3, 0.4) is 0 Å². The van der Waals surface area contributed by atoms with Gasteiger partial charge in [-0.1, -0.05) is 76.9 Å². The molecule has 348 valence electrons. The highest BCUT2D eigenvalue weighted by atomic mass is 35.5. The molecule has 0 unspecified atom stereocenters. The summed E-state index contributed by atoms with van der Waals surface area (Å²) in [6.45, 7) is 11.7. The molecule has 0 aliphatic carbocycles. The number of nitrogens with zero attached hydrogens (tertiary/aromatic N) is 7. The predicted octanol–water partition coefficient (Wildman–Crippen LogP) is 11.6. The topological polar surface area (TPSA) is 150 Å². The van der Waals surface area contributed by atoms with Gasteiger partial charge in [0.15, 0.2) is 0 Å². The second-order valence-corrected chi connectivity index (χ2v) is 21.4. The summed E-state index contributed by atoms with van der Waals surface area (Å²) < 4.78 is 6.09. The van der Waals surface area contributed by atoms with E-state index in [1.165, 1.54) is 38.1 Å². The molecule has 0 radical (unpaired) electrons. The Bertz CT molecular complexity index is 3030. The minimum absolute atomic E-state index is 0.0761. The van der Waals surface area contributed by atoms with Crippen molar-refractivity contribution in [2.75, 3.05) is 0 Å². The molecule has 8 aromatic heterocycles. The Kier molecular flexibility index (Phi) is 17.2. The van der Waals surface area contributed by atoms with Gasteiger partial charge in [-0.15, -0.1) is 34.3 Å². The first-order valence-electron chi connectivity index (χ1n) is 21.4. The Morgan fingerprint density at radius 2 is 1.15 bits per heavy atom. The number of aromatic amines is 1. The molecular weight excluding hydrogens is 947 g/mol. The van der Waals surface area contributed by atoms with Crippen LogP contribution >= 0.6 is 57.5 Å². The van der Waals surface area contributed by atoms with Gasteiger partial charge in [0.2, 0.25) is 5.56 Å². The number of halogens is 3. The third-order valence-corrected chi connectivity index (χ3v) is 13.0. The highest BCUT2D eigenvalue weighted by molar-refractivity contribution is 7.16. The van der Waals surface area contributed by atoms with Gasteiger partial charge in [-0.2, -0.15) is 10.2 Å². The lowest BCUT2D eigenvalue weighted by atomic mass is 9.95. The quantitative estimate of drug-likeness (QED) is 0.126. The lowest BCUT2D eigenvalue weighted by Gasteiger charge is -2.17. The van der Waals surface area contributed by atoms with Crippen LogP contribution in [0.25, 0.3) is 22.5 Å². The molecule has 0 bridgehead atoms. The Morgan fingerprint density at radius 1 is 0.642 bits per heavy atom. The summed E-state index contributed by atoms with van der Waals surface area (Å²) in [6.07, 6.45) is 13.1. The van der Waals surface area contributed by atoms with Crippen molar-refractivity contribution in [2.45, 2.75) is 79.7 Å². The largest absolute Gasteiger partial charge is 0.329 e. The van der Waals surface area contributed by atoms with Crippen molar-refractivity contribution in [1.82, 2.24) is 39.1 Å². The minimum atomic E-state index is -0.586. The molecular formula is C50H51Cl3N8O4S2. The number of rotatable bonds is 11. The summed E-state index contributed by atoms with van der Waals surface area (Å²) in [6, 6.07) is 25.8. The molecule has 0 aliphatic rings. The molecule has 12 nitrogen and oxygen atoms in total. The maximum absolute atomic E-state index is 13.1. The Balaban J connectivity index is 0.000000193. The van der Waals surface area contributed by atoms with E-state index in [-0.39, 0.29) is 22.9 Å². The number of aromatic nitrogens is 8. The minimum Gasteiger partial charge on any atom is -0.329 e. The van der Waals surface area contributed by atoms with Crippen molar-refractivity contribution in [3.05, 3.63) is 184 Å². The molecule has 0 aliphatic heterocycles. The zero-order chi connectivity index (χ0) is 48.3. The highest BCUT2D eigenvalue weighted by Crippen LogP contribution is 2.28. The van der Waals surface area contributed by atoms with Crippen LogP contribution in [0.4, 0.5) is 0 Å². The number of aryl methyl sites for hydroxylation is 4. The average Bonchev–Trinajstić information content (AvgIpc) is 4.13. The maximum atomic E-state index is 13.1. The van der Waals surface area contributed by atoms with Gasteiger partial charge in [0.1, 0.15) is 0 Å². The maximum Gasteiger partial charge on any atom is 0.252 e. The van der Waals surface area contributed by atoms with E-state index >= 15 is 0 Å². The lowest BCUT2D eigenvalue weighted by molar-refractivity contribution is 0.0739. The summed E-state index contributed by atoms with van der Waals surface area (Å²) in [4.78, 5) is 63.1. The second-order valence-electron chi connectivity index (χ2n) is 17.6. The second kappa shape index (κ2) is 22.8. The van der Waals surface area contributed by atoms with Crippen molar-refractivity contribution in [3.63, 3.8) is 0 Å². The van der Waals surface area contributed by atoms with Gasteiger partial charge in [-0.05, 0) is 97.5 Å². The normalized spacial score (nSPS) is 11.4. The zero-order valence-electron chi connectivity index (χ0n) is 38.0. The molecule has 0 saturated heterocycles. The smallest absolute Gasteiger partial charge is 0.252 e. The standard InChI is InChI=1S/C25H25ClN4O2S.C19H20ClN3O2S.C6H6ClN/c1-25(2,3)24(32)30-19(6-7-20-8-9-22(26)33-20)14-21(28-30)18-10-12-29(23(31)13-18)16-17-5-4-11-27-15-17;1-19(2,3)18(25)23-13(4-5-14-6-7-16(20)26-14)11-15(22-23)12-8-9-21-17(24)10-12;7-4-6-2-1-3-8-5-6/h4-5,8-15H,6-7,16H2,1-3H3;6-11H,4-5H2,1-3H3,(H,21,24);1-3,5H,4H2. The third-order valence-electron chi connectivity index (χ3n) is 10.1. The summed E-state index contributed by atoms with van der Waals surface area (Å²) in [5.74, 6) is 0.388. The lowest BCUT2D eigenvalue weighted by Crippen LogP contribution is -2.29. The van der Waals surface area contributed by atoms with E-state index in [9.17, 15) is 19.2 Å². The molecule has 8 heterocycles. The van der Waals surface area contributed by atoms with E-state index in [0.717, 1.165) is 53.8 Å². The van der Waals surface area contributed by atoms with Crippen molar-refractivity contribution < 1.29 is 9.59 Å². The van der Waals surface area contributed by atoms with Crippen LogP contribution in [-0.2, 0) is 38.1 Å². The van der Waals surface area contributed by atoms with Crippen LogP contribution in [-0.4, -0.2) is 50.9 Å². The summed E-state index contributed by atoms with van der Waals surface area (Å²) >= 11 is 20.6. The van der Waals surface area contributed by atoms with E-state index in [4.69, 9.17) is 34.8 Å². The molecule has 0 atom stereocenters. The summed E-state index contributed by atoms with van der Waals surface area (Å²) in [5.41, 5.74) is 4.77. The SMILES string of the molecule is CC(C)(C)C(=O)n1nc(-c2cc[nH]c(=O)c2)cc1CCc1ccc(Cl)s1.CC(C)(C)C(=O)n1nc(-c2ccn(Cc3cccnc3)c(=O)c2)cc1CCc1ccc(Cl)s1.ClCc1cccnc1. The fourth-order valence-electron chi connectivity index (χ4n) is 6.51. The molecule has 0 aromatic carbocycles. The molecule has 8 aromatic rings. The third kappa shape index (κ3) is 14.4. The molecule has 0 spiro atoms. The van der Waals surface area contributed by atoms with Gasteiger partial charge in [0.05, 0.1) is 26.6 Å². The van der Waals surface area contributed by atoms with Crippen LogP contribution in [0.2, 0.25) is 8.67 Å². The Hall–Kier alpha value is -5.77. The van der Waals surface area contributed by atoms with Gasteiger partial charge in [-0.25, -0.2) is 9.36 Å². The first-order chi connectivity index (χ1) is 31.9. The van der Waals surface area contributed by atoms with Crippen LogP contribution in [0.15, 0.2) is 132 Å². The first kappa shape index (κ1) is 50.6. The number of H-pyrrole nitrogens is 1. The van der Waals surface area contributed by atoms with Gasteiger partial charge in [-0.3, -0.25) is 29.1 Å². The van der Waals surface area contributed by atoms with E-state index in [1.807, 2.05) is 108 Å². The van der Waals surface area contributed by atoms with Crippen LogP contribution < -0.4 is 11.1 Å².